The second-order valence-electron chi connectivity index (χ2n) is 6.53. The number of esters is 1. The molecule has 0 heterocycles. The zero-order valence-electron chi connectivity index (χ0n) is 15.3. The number of alkyl halides is 7. The van der Waals surface area contributed by atoms with Crippen molar-refractivity contribution in [3.05, 3.63) is 0 Å². The van der Waals surface area contributed by atoms with Crippen molar-refractivity contribution in [3.63, 3.8) is 0 Å². The van der Waals surface area contributed by atoms with E-state index in [0.717, 1.165) is 19.3 Å². The zero-order chi connectivity index (χ0) is 21.5. The van der Waals surface area contributed by atoms with Crippen molar-refractivity contribution in [1.29, 1.82) is 0 Å². The highest BCUT2D eigenvalue weighted by Gasteiger charge is 2.76. The molecular weight excluding hydrogens is 387 g/mol. The standard InChI is InChI=1S/C16H24F7NO3/c1-4-5-6-7-8-27-12(25)11(9-10(2)3)24-13(26)14(17,18)15(19,20)16(21,22)23/h10-11H,4-9H2,1-3H3,(H,24,26). The van der Waals surface area contributed by atoms with Crippen molar-refractivity contribution < 1.29 is 45.1 Å². The Bertz CT molecular complexity index is 493. The normalized spacial score (nSPS) is 14.2. The van der Waals surface area contributed by atoms with Gasteiger partial charge in [-0.1, -0.05) is 40.0 Å². The lowest BCUT2D eigenvalue weighted by Gasteiger charge is -2.28. The Hall–Kier alpha value is -1.55. The summed E-state index contributed by atoms with van der Waals surface area (Å²) in [6, 6.07) is -1.77. The predicted octanol–water partition coefficient (Wildman–Crippen LogP) is 4.47. The molecule has 0 radical (unpaired) electrons. The van der Waals surface area contributed by atoms with Crippen LogP contribution in [0.4, 0.5) is 30.7 Å². The number of rotatable bonds is 11. The van der Waals surface area contributed by atoms with Gasteiger partial charge in [-0.15, -0.1) is 0 Å². The quantitative estimate of drug-likeness (QED) is 0.310. The maximum atomic E-state index is 13.4. The van der Waals surface area contributed by atoms with Crippen LogP contribution in [0.15, 0.2) is 0 Å². The van der Waals surface area contributed by atoms with Crippen LogP contribution in [0.2, 0.25) is 0 Å². The summed E-state index contributed by atoms with van der Waals surface area (Å²) in [5.41, 5.74) is 0. The van der Waals surface area contributed by atoms with Gasteiger partial charge < -0.3 is 10.1 Å². The Morgan fingerprint density at radius 1 is 0.963 bits per heavy atom. The maximum Gasteiger partial charge on any atom is 0.460 e. The van der Waals surface area contributed by atoms with Crippen molar-refractivity contribution in [3.8, 4) is 0 Å². The summed E-state index contributed by atoms with van der Waals surface area (Å²) in [6.45, 7) is 4.93. The van der Waals surface area contributed by atoms with E-state index in [1.165, 1.54) is 19.2 Å². The summed E-state index contributed by atoms with van der Waals surface area (Å²) >= 11 is 0. The summed E-state index contributed by atoms with van der Waals surface area (Å²) in [4.78, 5) is 23.3. The Labute approximate surface area is 152 Å². The van der Waals surface area contributed by atoms with E-state index in [0.29, 0.717) is 6.42 Å². The Kier molecular flexibility index (Phi) is 9.54. The molecule has 0 rings (SSSR count). The molecule has 0 fully saturated rings. The molecule has 0 bridgehead atoms. The lowest BCUT2D eigenvalue weighted by molar-refractivity contribution is -0.344. The molecule has 1 atom stereocenters. The number of nitrogens with one attached hydrogen (secondary N) is 1. The van der Waals surface area contributed by atoms with Gasteiger partial charge in [0.05, 0.1) is 6.61 Å². The highest BCUT2D eigenvalue weighted by Crippen LogP contribution is 2.46. The van der Waals surface area contributed by atoms with Crippen LogP contribution < -0.4 is 5.32 Å². The van der Waals surface area contributed by atoms with Crippen molar-refractivity contribution in [2.45, 2.75) is 76.9 Å². The van der Waals surface area contributed by atoms with Crippen LogP contribution >= 0.6 is 0 Å². The molecule has 0 saturated carbocycles. The first kappa shape index (κ1) is 25.4. The van der Waals surface area contributed by atoms with Crippen LogP contribution in [-0.2, 0) is 14.3 Å². The summed E-state index contributed by atoms with van der Waals surface area (Å²) in [5.74, 6) is -17.1. The van der Waals surface area contributed by atoms with E-state index in [1.807, 2.05) is 6.92 Å². The lowest BCUT2D eigenvalue weighted by atomic mass is 10.0. The fourth-order valence-corrected chi connectivity index (χ4v) is 2.06. The van der Waals surface area contributed by atoms with Gasteiger partial charge >= 0.3 is 24.0 Å². The third-order valence-electron chi connectivity index (χ3n) is 3.57. The van der Waals surface area contributed by atoms with Crippen LogP contribution in [0.5, 0.6) is 0 Å². The van der Waals surface area contributed by atoms with Crippen LogP contribution in [-0.4, -0.2) is 42.5 Å². The topological polar surface area (TPSA) is 55.4 Å². The van der Waals surface area contributed by atoms with Crippen molar-refractivity contribution >= 4 is 11.9 Å². The van der Waals surface area contributed by atoms with E-state index in [-0.39, 0.29) is 18.9 Å². The third kappa shape index (κ3) is 7.17. The monoisotopic (exact) mass is 411 g/mol. The highest BCUT2D eigenvalue weighted by atomic mass is 19.4. The van der Waals surface area contributed by atoms with Gasteiger partial charge in [0.2, 0.25) is 0 Å². The number of ether oxygens (including phenoxy) is 1. The van der Waals surface area contributed by atoms with E-state index in [4.69, 9.17) is 4.74 Å². The molecule has 1 unspecified atom stereocenters. The highest BCUT2D eigenvalue weighted by molar-refractivity contribution is 5.89. The first-order valence-electron chi connectivity index (χ1n) is 8.48. The largest absolute Gasteiger partial charge is 0.464 e. The van der Waals surface area contributed by atoms with E-state index >= 15 is 0 Å². The second-order valence-corrected chi connectivity index (χ2v) is 6.53. The molecule has 1 amide bonds. The Morgan fingerprint density at radius 3 is 1.96 bits per heavy atom. The summed E-state index contributed by atoms with van der Waals surface area (Å²) < 4.78 is 94.0. The van der Waals surface area contributed by atoms with Gasteiger partial charge in [0.15, 0.2) is 0 Å². The minimum atomic E-state index is -6.64. The molecule has 0 aromatic rings. The van der Waals surface area contributed by atoms with Gasteiger partial charge in [-0.3, -0.25) is 4.79 Å². The van der Waals surface area contributed by atoms with Gasteiger partial charge in [-0.25, -0.2) is 4.79 Å². The van der Waals surface area contributed by atoms with E-state index in [1.54, 1.807) is 0 Å². The van der Waals surface area contributed by atoms with Gasteiger partial charge in [-0.2, -0.15) is 30.7 Å². The molecule has 4 nitrogen and oxygen atoms in total. The SMILES string of the molecule is CCCCCCOC(=O)C(CC(C)C)NC(=O)C(F)(F)C(F)(F)C(F)(F)F. The molecule has 0 saturated heterocycles. The summed E-state index contributed by atoms with van der Waals surface area (Å²) in [5, 5.41) is 1.28. The average molecular weight is 411 g/mol. The molecule has 27 heavy (non-hydrogen) atoms. The summed E-state index contributed by atoms with van der Waals surface area (Å²) in [7, 11) is 0. The number of hydrogen-bond acceptors (Lipinski definition) is 3. The molecule has 11 heteroatoms. The number of carbonyl (C=O) groups is 2. The smallest absolute Gasteiger partial charge is 0.460 e. The Morgan fingerprint density at radius 2 is 1.52 bits per heavy atom. The van der Waals surface area contributed by atoms with Crippen LogP contribution in [0, 0.1) is 5.92 Å². The number of hydrogen-bond donors (Lipinski definition) is 1. The van der Waals surface area contributed by atoms with Gasteiger partial charge in [0, 0.05) is 0 Å². The van der Waals surface area contributed by atoms with Gasteiger partial charge in [-0.05, 0) is 18.8 Å². The zero-order valence-corrected chi connectivity index (χ0v) is 15.3. The number of carbonyl (C=O) groups excluding carboxylic acids is 2. The molecular formula is C16H24F7NO3. The van der Waals surface area contributed by atoms with Crippen LogP contribution in [0.25, 0.3) is 0 Å². The molecule has 160 valence electrons. The maximum absolute atomic E-state index is 13.4. The van der Waals surface area contributed by atoms with Gasteiger partial charge in [0.25, 0.3) is 5.91 Å². The summed E-state index contributed by atoms with van der Waals surface area (Å²) in [6.07, 6.45) is -3.95. The molecule has 0 spiro atoms. The van der Waals surface area contributed by atoms with Gasteiger partial charge in [0.1, 0.15) is 6.04 Å². The molecule has 0 aromatic carbocycles. The number of halogens is 7. The fourth-order valence-electron chi connectivity index (χ4n) is 2.06. The molecule has 0 aliphatic rings. The van der Waals surface area contributed by atoms with Crippen molar-refractivity contribution in [1.82, 2.24) is 5.32 Å². The molecule has 0 aromatic heterocycles. The average Bonchev–Trinajstić information content (AvgIpc) is 2.51. The molecule has 0 aliphatic carbocycles. The molecule has 0 aliphatic heterocycles. The predicted molar refractivity (Wildman–Crippen MR) is 82.4 cm³/mol. The van der Waals surface area contributed by atoms with E-state index < -0.39 is 35.9 Å². The Balaban J connectivity index is 5.12. The second kappa shape index (κ2) is 10.1. The minimum absolute atomic E-state index is 0.0849. The first-order chi connectivity index (χ1) is 12.2. The molecule has 1 N–H and O–H groups in total. The fraction of sp³-hybridized carbons (Fsp3) is 0.875. The number of amides is 1. The van der Waals surface area contributed by atoms with E-state index in [9.17, 15) is 40.3 Å². The number of unbranched alkanes of at least 4 members (excludes halogenated alkanes) is 3. The van der Waals surface area contributed by atoms with Crippen molar-refractivity contribution in [2.75, 3.05) is 6.61 Å². The first-order valence-corrected chi connectivity index (χ1v) is 8.48. The van der Waals surface area contributed by atoms with E-state index in [2.05, 4.69) is 0 Å². The lowest BCUT2D eigenvalue weighted by Crippen LogP contribution is -2.61. The minimum Gasteiger partial charge on any atom is -0.464 e. The van der Waals surface area contributed by atoms with Crippen LogP contribution in [0.1, 0.15) is 52.9 Å². The van der Waals surface area contributed by atoms with Crippen molar-refractivity contribution in [2.24, 2.45) is 5.92 Å². The third-order valence-corrected chi connectivity index (χ3v) is 3.57. The van der Waals surface area contributed by atoms with Crippen LogP contribution in [0.3, 0.4) is 0 Å².